The molecule has 2 heterocycles. The van der Waals surface area contributed by atoms with Crippen molar-refractivity contribution in [2.75, 3.05) is 0 Å². The molecule has 2 aromatic heterocycles. The van der Waals surface area contributed by atoms with Crippen LogP contribution in [0.3, 0.4) is 0 Å². The molecular formula is C27H28N4O3. The molecule has 1 N–H and O–H groups in total. The summed E-state index contributed by atoms with van der Waals surface area (Å²) in [4.78, 5) is 26.5. The Morgan fingerprint density at radius 3 is 2.50 bits per heavy atom. The van der Waals surface area contributed by atoms with E-state index in [1.165, 1.54) is 0 Å². The quantitative estimate of drug-likeness (QED) is 0.462. The summed E-state index contributed by atoms with van der Waals surface area (Å²) in [6.07, 6.45) is 1.62. The number of ether oxygens (including phenoxy) is 1. The minimum absolute atomic E-state index is 0.191. The molecule has 2 aromatic carbocycles. The highest BCUT2D eigenvalue weighted by atomic mass is 16.5. The summed E-state index contributed by atoms with van der Waals surface area (Å²) in [7, 11) is 0. The topological polar surface area (TPSA) is 90.1 Å². The zero-order chi connectivity index (χ0) is 24.5. The molecule has 0 fully saturated rings. The number of nitrogens with zero attached hydrogens (tertiary/aromatic N) is 4. The second-order valence-corrected chi connectivity index (χ2v) is 8.88. The predicted octanol–water partition coefficient (Wildman–Crippen LogP) is 4.42. The van der Waals surface area contributed by atoms with E-state index in [4.69, 9.17) is 4.74 Å². The summed E-state index contributed by atoms with van der Waals surface area (Å²) in [5, 5.41) is 10.3. The van der Waals surface area contributed by atoms with Gasteiger partial charge < -0.3 is 9.84 Å². The first-order valence-electron chi connectivity index (χ1n) is 11.1. The number of aliphatic hydroxyl groups is 1. The lowest BCUT2D eigenvalue weighted by Gasteiger charge is -2.17. The Morgan fingerprint density at radius 2 is 1.76 bits per heavy atom. The van der Waals surface area contributed by atoms with E-state index in [1.54, 1.807) is 44.5 Å². The van der Waals surface area contributed by atoms with Gasteiger partial charge in [-0.15, -0.1) is 0 Å². The molecule has 7 nitrogen and oxygen atoms in total. The molecule has 7 heteroatoms. The van der Waals surface area contributed by atoms with Gasteiger partial charge in [0.25, 0.3) is 5.56 Å². The van der Waals surface area contributed by atoms with Crippen LogP contribution in [0.2, 0.25) is 0 Å². The van der Waals surface area contributed by atoms with Gasteiger partial charge in [0.05, 0.1) is 16.9 Å². The summed E-state index contributed by atoms with van der Waals surface area (Å²) in [6.45, 7) is 9.15. The van der Waals surface area contributed by atoms with Crippen LogP contribution < -0.4 is 10.3 Å². The van der Waals surface area contributed by atoms with Gasteiger partial charge in [0.2, 0.25) is 5.88 Å². The first-order chi connectivity index (χ1) is 16.1. The Labute approximate surface area is 198 Å². The maximum absolute atomic E-state index is 13.3. The van der Waals surface area contributed by atoms with E-state index in [0.29, 0.717) is 41.1 Å². The molecule has 0 saturated heterocycles. The molecule has 0 saturated carbocycles. The van der Waals surface area contributed by atoms with Crippen molar-refractivity contribution in [1.82, 2.24) is 19.5 Å². The zero-order valence-corrected chi connectivity index (χ0v) is 20.0. The number of benzene rings is 2. The molecule has 4 rings (SSSR count). The molecule has 4 aromatic rings. The number of aryl methyl sites for hydroxylation is 2. The van der Waals surface area contributed by atoms with Crippen molar-refractivity contribution < 1.29 is 9.84 Å². The number of hydrogen-bond donors (Lipinski definition) is 1. The summed E-state index contributed by atoms with van der Waals surface area (Å²) >= 11 is 0. The second kappa shape index (κ2) is 9.19. The highest BCUT2D eigenvalue weighted by molar-refractivity contribution is 5.62. The number of aromatic nitrogens is 4. The molecule has 0 aliphatic carbocycles. The average Bonchev–Trinajstić information content (AvgIpc) is 2.80. The van der Waals surface area contributed by atoms with Crippen molar-refractivity contribution in [3.05, 3.63) is 99.5 Å². The smallest absolute Gasteiger partial charge is 0.264 e. The van der Waals surface area contributed by atoms with Crippen LogP contribution >= 0.6 is 0 Å². The normalized spacial score (nSPS) is 11.5. The van der Waals surface area contributed by atoms with Crippen molar-refractivity contribution in [2.24, 2.45) is 0 Å². The maximum atomic E-state index is 13.3. The molecule has 34 heavy (non-hydrogen) atoms. The van der Waals surface area contributed by atoms with E-state index >= 15 is 0 Å². The molecule has 0 spiro atoms. The fourth-order valence-corrected chi connectivity index (χ4v) is 3.70. The summed E-state index contributed by atoms with van der Waals surface area (Å²) in [5.41, 5.74) is 3.39. The standard InChI is InChI=1S/C27H28N4O3/c1-17-8-6-9-20(14-17)16-34-24-18(2)25(32)31(19(3)29-24)22-11-7-10-21(15-22)23-12-13-28-26(30-23)27(4,5)33/h6-15,33H,16H2,1-5H3. The lowest BCUT2D eigenvalue weighted by Crippen LogP contribution is -2.25. The predicted molar refractivity (Wildman–Crippen MR) is 131 cm³/mol. The van der Waals surface area contributed by atoms with Gasteiger partial charge in [-0.25, -0.2) is 9.97 Å². The molecular weight excluding hydrogens is 428 g/mol. The first kappa shape index (κ1) is 23.3. The number of hydrogen-bond acceptors (Lipinski definition) is 6. The van der Waals surface area contributed by atoms with Crippen molar-refractivity contribution in [3.8, 4) is 22.8 Å². The SMILES string of the molecule is Cc1cccc(COc2nc(C)n(-c3cccc(-c4ccnc(C(C)(C)O)n4)c3)c(=O)c2C)c1. The van der Waals surface area contributed by atoms with Gasteiger partial charge in [0.1, 0.15) is 18.0 Å². The van der Waals surface area contributed by atoms with Crippen molar-refractivity contribution in [3.63, 3.8) is 0 Å². The van der Waals surface area contributed by atoms with Gasteiger partial charge in [0, 0.05) is 11.8 Å². The lowest BCUT2D eigenvalue weighted by molar-refractivity contribution is 0.0688. The van der Waals surface area contributed by atoms with Crippen molar-refractivity contribution >= 4 is 0 Å². The van der Waals surface area contributed by atoms with Gasteiger partial charge in [0.15, 0.2) is 5.82 Å². The van der Waals surface area contributed by atoms with Crippen LogP contribution in [0.25, 0.3) is 16.9 Å². The minimum atomic E-state index is -1.16. The van der Waals surface area contributed by atoms with Crippen LogP contribution in [0, 0.1) is 20.8 Å². The van der Waals surface area contributed by atoms with Crippen molar-refractivity contribution in [1.29, 1.82) is 0 Å². The van der Waals surface area contributed by atoms with E-state index in [9.17, 15) is 9.90 Å². The maximum Gasteiger partial charge on any atom is 0.264 e. The third-order valence-corrected chi connectivity index (χ3v) is 5.49. The van der Waals surface area contributed by atoms with Gasteiger partial charge in [-0.2, -0.15) is 4.98 Å². The van der Waals surface area contributed by atoms with Crippen LogP contribution in [-0.4, -0.2) is 24.6 Å². The first-order valence-corrected chi connectivity index (χ1v) is 11.1. The molecule has 0 radical (unpaired) electrons. The van der Waals surface area contributed by atoms with Gasteiger partial charge >= 0.3 is 0 Å². The Kier molecular flexibility index (Phi) is 6.30. The lowest BCUT2D eigenvalue weighted by atomic mass is 10.1. The Balaban J connectivity index is 1.68. The van der Waals surface area contributed by atoms with Gasteiger partial charge in [-0.1, -0.05) is 42.0 Å². The largest absolute Gasteiger partial charge is 0.472 e. The fraction of sp³-hybridized carbons (Fsp3) is 0.259. The minimum Gasteiger partial charge on any atom is -0.472 e. The molecule has 0 bridgehead atoms. The van der Waals surface area contributed by atoms with E-state index < -0.39 is 5.60 Å². The average molecular weight is 457 g/mol. The van der Waals surface area contributed by atoms with E-state index in [1.807, 2.05) is 55.5 Å². The van der Waals surface area contributed by atoms with Crippen molar-refractivity contribution in [2.45, 2.75) is 46.8 Å². The van der Waals surface area contributed by atoms with Crippen LogP contribution in [0.5, 0.6) is 5.88 Å². The van der Waals surface area contributed by atoms with Crippen LogP contribution in [0.4, 0.5) is 0 Å². The summed E-state index contributed by atoms with van der Waals surface area (Å²) < 4.78 is 7.47. The second-order valence-electron chi connectivity index (χ2n) is 8.88. The van der Waals surface area contributed by atoms with Gasteiger partial charge in [-0.05, 0) is 58.4 Å². The third kappa shape index (κ3) is 4.89. The third-order valence-electron chi connectivity index (χ3n) is 5.49. The zero-order valence-electron chi connectivity index (χ0n) is 20.0. The Bertz CT molecular complexity index is 1400. The molecule has 0 unspecified atom stereocenters. The summed E-state index contributed by atoms with van der Waals surface area (Å²) in [5.74, 6) is 1.19. The Morgan fingerprint density at radius 1 is 1.00 bits per heavy atom. The highest BCUT2D eigenvalue weighted by Gasteiger charge is 2.20. The molecule has 0 aliphatic heterocycles. The highest BCUT2D eigenvalue weighted by Crippen LogP contribution is 2.24. The summed E-state index contributed by atoms with van der Waals surface area (Å²) in [6, 6.07) is 17.3. The van der Waals surface area contributed by atoms with Crippen LogP contribution in [0.15, 0.2) is 65.6 Å². The monoisotopic (exact) mass is 456 g/mol. The molecule has 0 aliphatic rings. The van der Waals surface area contributed by atoms with E-state index in [2.05, 4.69) is 15.0 Å². The van der Waals surface area contributed by atoms with Crippen LogP contribution in [0.1, 0.15) is 42.2 Å². The Hall–Kier alpha value is -3.84. The molecule has 0 amide bonds. The van der Waals surface area contributed by atoms with E-state index in [-0.39, 0.29) is 5.56 Å². The van der Waals surface area contributed by atoms with Crippen LogP contribution in [-0.2, 0) is 12.2 Å². The fourth-order valence-electron chi connectivity index (χ4n) is 3.70. The molecule has 174 valence electrons. The molecule has 0 atom stereocenters. The van der Waals surface area contributed by atoms with E-state index in [0.717, 1.165) is 16.7 Å². The number of rotatable bonds is 6. The van der Waals surface area contributed by atoms with Gasteiger partial charge in [-0.3, -0.25) is 9.36 Å².